The molecule has 1 heterocycles. The van der Waals surface area contributed by atoms with Crippen molar-refractivity contribution in [1.29, 1.82) is 5.26 Å². The molecule has 0 fully saturated rings. The number of fused-ring (bicyclic) bond motifs is 1. The van der Waals surface area contributed by atoms with Gasteiger partial charge in [-0.15, -0.1) is 0 Å². The Morgan fingerprint density at radius 3 is 2.80 bits per heavy atom. The lowest BCUT2D eigenvalue weighted by molar-refractivity contribution is 1.09. The van der Waals surface area contributed by atoms with Crippen LogP contribution in [0.25, 0.3) is 16.7 Å². The van der Waals surface area contributed by atoms with Gasteiger partial charge in [-0.1, -0.05) is 12.1 Å². The number of aromatic nitrogens is 2. The molecule has 20 heavy (non-hydrogen) atoms. The summed E-state index contributed by atoms with van der Waals surface area (Å²) < 4.78 is 2.71. The zero-order valence-corrected chi connectivity index (χ0v) is 12.3. The summed E-state index contributed by atoms with van der Waals surface area (Å²) >= 11 is 3.50. The SMILES string of the molecule is Cc1cccc2nc(N)n(-c3ccc(C#N)cc3Br)c12. The van der Waals surface area contributed by atoms with Crippen LogP contribution >= 0.6 is 15.9 Å². The summed E-state index contributed by atoms with van der Waals surface area (Å²) in [6, 6.07) is 13.5. The van der Waals surface area contributed by atoms with E-state index in [0.29, 0.717) is 11.5 Å². The van der Waals surface area contributed by atoms with Crippen molar-refractivity contribution in [2.24, 2.45) is 0 Å². The highest BCUT2D eigenvalue weighted by atomic mass is 79.9. The van der Waals surface area contributed by atoms with Crippen molar-refractivity contribution in [1.82, 2.24) is 9.55 Å². The molecule has 5 heteroatoms. The van der Waals surface area contributed by atoms with Crippen LogP contribution in [0.15, 0.2) is 40.9 Å². The number of hydrogen-bond acceptors (Lipinski definition) is 3. The molecule has 0 spiro atoms. The van der Waals surface area contributed by atoms with Crippen molar-refractivity contribution in [3.05, 3.63) is 52.0 Å². The average molecular weight is 327 g/mol. The number of nitriles is 1. The Morgan fingerprint density at radius 2 is 2.10 bits per heavy atom. The second-order valence-corrected chi connectivity index (χ2v) is 5.38. The van der Waals surface area contributed by atoms with Gasteiger partial charge in [0.25, 0.3) is 0 Å². The molecule has 98 valence electrons. The maximum atomic E-state index is 8.94. The smallest absolute Gasteiger partial charge is 0.205 e. The van der Waals surface area contributed by atoms with Crippen LogP contribution in [-0.4, -0.2) is 9.55 Å². The predicted molar refractivity (Wildman–Crippen MR) is 82.6 cm³/mol. The van der Waals surface area contributed by atoms with Gasteiger partial charge in [0.15, 0.2) is 0 Å². The normalized spacial score (nSPS) is 10.7. The molecule has 0 amide bonds. The van der Waals surface area contributed by atoms with Crippen molar-refractivity contribution < 1.29 is 0 Å². The number of rotatable bonds is 1. The highest BCUT2D eigenvalue weighted by Gasteiger charge is 2.14. The minimum atomic E-state index is 0.430. The molecule has 3 rings (SSSR count). The Labute approximate surface area is 124 Å². The number of benzene rings is 2. The number of aryl methyl sites for hydroxylation is 1. The van der Waals surface area contributed by atoms with E-state index in [-0.39, 0.29) is 0 Å². The summed E-state index contributed by atoms with van der Waals surface area (Å²) in [5, 5.41) is 8.94. The van der Waals surface area contributed by atoms with Crippen LogP contribution < -0.4 is 5.73 Å². The third-order valence-electron chi connectivity index (χ3n) is 3.22. The molecule has 0 aliphatic heterocycles. The highest BCUT2D eigenvalue weighted by molar-refractivity contribution is 9.10. The van der Waals surface area contributed by atoms with Gasteiger partial charge in [-0.25, -0.2) is 4.98 Å². The fourth-order valence-electron chi connectivity index (χ4n) is 2.31. The summed E-state index contributed by atoms with van der Waals surface area (Å²) in [6.45, 7) is 2.03. The molecule has 2 aromatic carbocycles. The molecular weight excluding hydrogens is 316 g/mol. The maximum Gasteiger partial charge on any atom is 0.205 e. The number of para-hydroxylation sites is 1. The van der Waals surface area contributed by atoms with Gasteiger partial charge in [0.1, 0.15) is 0 Å². The van der Waals surface area contributed by atoms with E-state index in [2.05, 4.69) is 27.0 Å². The topological polar surface area (TPSA) is 67.6 Å². The van der Waals surface area contributed by atoms with E-state index >= 15 is 0 Å². The molecule has 0 unspecified atom stereocenters. The Morgan fingerprint density at radius 1 is 1.30 bits per heavy atom. The third kappa shape index (κ3) is 1.86. The molecule has 1 aromatic heterocycles. The van der Waals surface area contributed by atoms with Gasteiger partial charge in [0.2, 0.25) is 5.95 Å². The van der Waals surface area contributed by atoms with Gasteiger partial charge < -0.3 is 5.73 Å². The Hall–Kier alpha value is -2.32. The first-order chi connectivity index (χ1) is 9.61. The first-order valence-corrected chi connectivity index (χ1v) is 6.84. The molecule has 0 radical (unpaired) electrons. The van der Waals surface area contributed by atoms with Crippen LogP contribution in [0.5, 0.6) is 0 Å². The quantitative estimate of drug-likeness (QED) is 0.743. The molecule has 3 aromatic rings. The maximum absolute atomic E-state index is 8.94. The monoisotopic (exact) mass is 326 g/mol. The van der Waals surface area contributed by atoms with Gasteiger partial charge in [-0.3, -0.25) is 4.57 Å². The van der Waals surface area contributed by atoms with Gasteiger partial charge in [-0.05, 0) is 52.7 Å². The van der Waals surface area contributed by atoms with Crippen molar-refractivity contribution in [3.63, 3.8) is 0 Å². The minimum Gasteiger partial charge on any atom is -0.369 e. The summed E-state index contributed by atoms with van der Waals surface area (Å²) in [6.07, 6.45) is 0. The minimum absolute atomic E-state index is 0.430. The standard InChI is InChI=1S/C15H11BrN4/c1-9-3-2-4-12-14(9)20(15(18)19-12)13-6-5-10(8-17)7-11(13)16/h2-7H,1H3,(H2,18,19). The van der Waals surface area contributed by atoms with E-state index in [1.54, 1.807) is 12.1 Å². The van der Waals surface area contributed by atoms with Crippen LogP contribution in [0.4, 0.5) is 5.95 Å². The summed E-state index contributed by atoms with van der Waals surface area (Å²) in [5.41, 5.74) is 10.5. The Bertz CT molecular complexity index is 858. The van der Waals surface area contributed by atoms with Crippen LogP contribution in [0.3, 0.4) is 0 Å². The number of hydrogen-bond donors (Lipinski definition) is 1. The van der Waals surface area contributed by atoms with Crippen LogP contribution in [0, 0.1) is 18.3 Å². The molecular formula is C15H11BrN4. The molecule has 0 saturated heterocycles. The average Bonchev–Trinajstić information content (AvgIpc) is 2.76. The molecule has 0 bridgehead atoms. The number of nitrogens with zero attached hydrogens (tertiary/aromatic N) is 3. The predicted octanol–water partition coefficient (Wildman–Crippen LogP) is 3.55. The summed E-state index contributed by atoms with van der Waals surface area (Å²) in [7, 11) is 0. The largest absolute Gasteiger partial charge is 0.369 e. The van der Waals surface area contributed by atoms with Crippen molar-refractivity contribution in [2.45, 2.75) is 6.92 Å². The molecule has 0 aliphatic carbocycles. The summed E-state index contributed by atoms with van der Waals surface area (Å²) in [5.74, 6) is 0.430. The van der Waals surface area contributed by atoms with Crippen LogP contribution in [-0.2, 0) is 0 Å². The van der Waals surface area contributed by atoms with Crippen molar-refractivity contribution in [3.8, 4) is 11.8 Å². The van der Waals surface area contributed by atoms with Gasteiger partial charge in [0.05, 0.1) is 28.4 Å². The number of halogens is 1. The number of nitrogens with two attached hydrogens (primary N) is 1. The van der Waals surface area contributed by atoms with Gasteiger partial charge in [0, 0.05) is 4.47 Å². The first kappa shape index (κ1) is 12.7. The van der Waals surface area contributed by atoms with E-state index < -0.39 is 0 Å². The Kier molecular flexibility index (Phi) is 2.96. The van der Waals surface area contributed by atoms with E-state index in [4.69, 9.17) is 11.0 Å². The molecule has 0 saturated carbocycles. The zero-order valence-electron chi connectivity index (χ0n) is 10.8. The number of anilines is 1. The highest BCUT2D eigenvalue weighted by Crippen LogP contribution is 2.30. The lowest BCUT2D eigenvalue weighted by atomic mass is 10.2. The van der Waals surface area contributed by atoms with Crippen molar-refractivity contribution >= 4 is 32.9 Å². The Balaban J connectivity index is 2.35. The van der Waals surface area contributed by atoms with Gasteiger partial charge >= 0.3 is 0 Å². The van der Waals surface area contributed by atoms with Crippen LogP contribution in [0.2, 0.25) is 0 Å². The van der Waals surface area contributed by atoms with E-state index in [9.17, 15) is 0 Å². The lowest BCUT2D eigenvalue weighted by Crippen LogP contribution is -2.02. The van der Waals surface area contributed by atoms with Crippen molar-refractivity contribution in [2.75, 3.05) is 5.73 Å². The second kappa shape index (κ2) is 4.66. The molecule has 2 N–H and O–H groups in total. The fourth-order valence-corrected chi connectivity index (χ4v) is 2.87. The second-order valence-electron chi connectivity index (χ2n) is 4.53. The van der Waals surface area contributed by atoms with E-state index in [1.165, 1.54) is 0 Å². The number of imidazole rings is 1. The van der Waals surface area contributed by atoms with Crippen LogP contribution in [0.1, 0.15) is 11.1 Å². The first-order valence-electron chi connectivity index (χ1n) is 6.05. The summed E-state index contributed by atoms with van der Waals surface area (Å²) in [4.78, 5) is 4.39. The van der Waals surface area contributed by atoms with E-state index in [1.807, 2.05) is 35.8 Å². The lowest BCUT2D eigenvalue weighted by Gasteiger charge is -2.10. The third-order valence-corrected chi connectivity index (χ3v) is 3.86. The fraction of sp³-hybridized carbons (Fsp3) is 0.0667. The molecule has 0 aliphatic rings. The number of nitrogen functional groups attached to an aromatic ring is 1. The molecule has 0 atom stereocenters. The molecule has 4 nitrogen and oxygen atoms in total. The zero-order chi connectivity index (χ0) is 14.3. The van der Waals surface area contributed by atoms with Gasteiger partial charge in [-0.2, -0.15) is 5.26 Å². The van der Waals surface area contributed by atoms with E-state index in [0.717, 1.165) is 26.8 Å².